The van der Waals surface area contributed by atoms with E-state index in [9.17, 15) is 9.59 Å². The normalized spacial score (nSPS) is 10.4. The average molecular weight is 367 g/mol. The summed E-state index contributed by atoms with van der Waals surface area (Å²) in [4.78, 5) is 28.5. The number of hydrogen-bond donors (Lipinski definition) is 2. The van der Waals surface area contributed by atoms with Crippen molar-refractivity contribution >= 4 is 23.3 Å². The topological polar surface area (TPSA) is 71.1 Å². The van der Waals surface area contributed by atoms with E-state index in [1.807, 2.05) is 6.07 Å². The Balaban J connectivity index is 1.76. The lowest BCUT2D eigenvalue weighted by molar-refractivity contribution is -0.116. The number of benzene rings is 1. The first-order valence-electron chi connectivity index (χ1n) is 9.81. The Kier molecular flexibility index (Phi) is 9.04. The number of carbonyl (C=O) groups is 2. The van der Waals surface area contributed by atoms with Gasteiger partial charge >= 0.3 is 0 Å². The lowest BCUT2D eigenvalue weighted by Crippen LogP contribution is -2.14. The van der Waals surface area contributed by atoms with Crippen molar-refractivity contribution < 1.29 is 9.59 Å². The Morgan fingerprint density at radius 2 is 1.67 bits per heavy atom. The van der Waals surface area contributed by atoms with Crippen LogP contribution in [0.15, 0.2) is 48.7 Å². The Bertz CT molecular complexity index is 717. The van der Waals surface area contributed by atoms with Gasteiger partial charge in [-0.3, -0.25) is 9.59 Å². The van der Waals surface area contributed by atoms with E-state index in [0.717, 1.165) is 12.8 Å². The van der Waals surface area contributed by atoms with E-state index in [1.54, 1.807) is 42.6 Å². The minimum atomic E-state index is -0.253. The van der Waals surface area contributed by atoms with Crippen LogP contribution < -0.4 is 10.6 Å². The highest BCUT2D eigenvalue weighted by molar-refractivity contribution is 6.04. The Labute approximate surface area is 161 Å². The Hall–Kier alpha value is -2.69. The molecule has 0 aliphatic carbocycles. The molecule has 0 aliphatic heterocycles. The monoisotopic (exact) mass is 367 g/mol. The molecular weight excluding hydrogens is 338 g/mol. The number of rotatable bonds is 11. The highest BCUT2D eigenvalue weighted by Gasteiger charge is 2.09. The molecule has 0 spiro atoms. The van der Waals surface area contributed by atoms with Gasteiger partial charge in [-0.05, 0) is 36.8 Å². The first-order valence-corrected chi connectivity index (χ1v) is 9.81. The molecule has 1 aromatic heterocycles. The number of anilines is 2. The van der Waals surface area contributed by atoms with Gasteiger partial charge in [-0.25, -0.2) is 4.98 Å². The van der Waals surface area contributed by atoms with Crippen LogP contribution >= 0.6 is 0 Å². The lowest BCUT2D eigenvalue weighted by Gasteiger charge is -2.08. The fourth-order valence-electron chi connectivity index (χ4n) is 2.83. The van der Waals surface area contributed by atoms with Crippen LogP contribution in [0.2, 0.25) is 0 Å². The zero-order valence-electron chi connectivity index (χ0n) is 16.0. The van der Waals surface area contributed by atoms with Crippen LogP contribution in [0.25, 0.3) is 0 Å². The van der Waals surface area contributed by atoms with E-state index in [4.69, 9.17) is 0 Å². The molecular formula is C22H29N3O2. The van der Waals surface area contributed by atoms with Gasteiger partial charge in [0.15, 0.2) is 0 Å². The van der Waals surface area contributed by atoms with Crippen LogP contribution in [-0.4, -0.2) is 16.8 Å². The second-order valence-corrected chi connectivity index (χ2v) is 6.67. The van der Waals surface area contributed by atoms with Crippen molar-refractivity contribution in [2.45, 2.75) is 58.3 Å². The molecule has 144 valence electrons. The van der Waals surface area contributed by atoms with Gasteiger partial charge in [-0.1, -0.05) is 57.6 Å². The third-order valence-corrected chi connectivity index (χ3v) is 4.32. The molecule has 2 amide bonds. The van der Waals surface area contributed by atoms with Gasteiger partial charge < -0.3 is 10.6 Å². The van der Waals surface area contributed by atoms with Crippen molar-refractivity contribution in [3.05, 3.63) is 54.2 Å². The van der Waals surface area contributed by atoms with E-state index >= 15 is 0 Å². The standard InChI is InChI=1S/C22H29N3O2/c1-2-3-4-5-6-7-8-15-21(26)24-19-13-11-12-18(17-19)22(27)25-20-14-9-10-16-23-20/h9-14,16-17H,2-8,15H2,1H3,(H,24,26)(H,23,25,27). The average Bonchev–Trinajstić information content (AvgIpc) is 2.68. The highest BCUT2D eigenvalue weighted by atomic mass is 16.2. The van der Waals surface area contributed by atoms with Crippen LogP contribution in [0.4, 0.5) is 11.5 Å². The summed E-state index contributed by atoms with van der Waals surface area (Å²) in [6.07, 6.45) is 10.4. The zero-order valence-corrected chi connectivity index (χ0v) is 16.0. The summed E-state index contributed by atoms with van der Waals surface area (Å²) >= 11 is 0. The second-order valence-electron chi connectivity index (χ2n) is 6.67. The van der Waals surface area contributed by atoms with Crippen molar-refractivity contribution in [2.24, 2.45) is 0 Å². The van der Waals surface area contributed by atoms with Crippen LogP contribution in [0, 0.1) is 0 Å². The third kappa shape index (κ3) is 8.03. The molecule has 1 heterocycles. The largest absolute Gasteiger partial charge is 0.326 e. The number of amides is 2. The quantitative estimate of drug-likeness (QED) is 0.521. The minimum absolute atomic E-state index is 0.00848. The molecule has 0 fully saturated rings. The summed E-state index contributed by atoms with van der Waals surface area (Å²) in [5.74, 6) is 0.235. The van der Waals surface area contributed by atoms with Crippen LogP contribution in [0.1, 0.15) is 68.6 Å². The summed E-state index contributed by atoms with van der Waals surface area (Å²) in [5, 5.41) is 5.62. The second kappa shape index (κ2) is 11.8. The summed E-state index contributed by atoms with van der Waals surface area (Å²) in [7, 11) is 0. The number of unbranched alkanes of at least 4 members (excludes halogenated alkanes) is 6. The molecule has 0 radical (unpaired) electrons. The van der Waals surface area contributed by atoms with Gasteiger partial charge in [-0.2, -0.15) is 0 Å². The molecule has 0 atom stereocenters. The van der Waals surface area contributed by atoms with E-state index in [-0.39, 0.29) is 11.8 Å². The Morgan fingerprint density at radius 1 is 0.889 bits per heavy atom. The molecule has 0 unspecified atom stereocenters. The van der Waals surface area contributed by atoms with Gasteiger partial charge in [0.05, 0.1) is 0 Å². The highest BCUT2D eigenvalue weighted by Crippen LogP contribution is 2.14. The van der Waals surface area contributed by atoms with Crippen LogP contribution in [-0.2, 0) is 4.79 Å². The maximum absolute atomic E-state index is 12.3. The molecule has 2 rings (SSSR count). The van der Waals surface area contributed by atoms with Crippen molar-refractivity contribution in [1.29, 1.82) is 0 Å². The van der Waals surface area contributed by atoms with Crippen molar-refractivity contribution in [3.63, 3.8) is 0 Å². The first-order chi connectivity index (χ1) is 13.2. The first kappa shape index (κ1) is 20.6. The van der Waals surface area contributed by atoms with Crippen LogP contribution in [0.3, 0.4) is 0 Å². The minimum Gasteiger partial charge on any atom is -0.326 e. The van der Waals surface area contributed by atoms with Crippen LogP contribution in [0.5, 0.6) is 0 Å². The van der Waals surface area contributed by atoms with E-state index in [2.05, 4.69) is 22.5 Å². The number of nitrogens with one attached hydrogen (secondary N) is 2. The van der Waals surface area contributed by atoms with Gasteiger partial charge in [0.1, 0.15) is 5.82 Å². The number of aromatic nitrogens is 1. The van der Waals surface area contributed by atoms with E-state index in [0.29, 0.717) is 23.5 Å². The SMILES string of the molecule is CCCCCCCCCC(=O)Nc1cccc(C(=O)Nc2ccccn2)c1. The number of nitrogens with zero attached hydrogens (tertiary/aromatic N) is 1. The fourth-order valence-corrected chi connectivity index (χ4v) is 2.83. The summed E-state index contributed by atoms with van der Waals surface area (Å²) < 4.78 is 0. The number of carbonyl (C=O) groups excluding carboxylic acids is 2. The molecule has 5 heteroatoms. The van der Waals surface area contributed by atoms with Crippen molar-refractivity contribution in [2.75, 3.05) is 10.6 Å². The predicted molar refractivity (Wildman–Crippen MR) is 110 cm³/mol. The van der Waals surface area contributed by atoms with E-state index < -0.39 is 0 Å². The smallest absolute Gasteiger partial charge is 0.256 e. The van der Waals surface area contributed by atoms with Crippen molar-refractivity contribution in [3.8, 4) is 0 Å². The van der Waals surface area contributed by atoms with E-state index in [1.165, 1.54) is 32.1 Å². The molecule has 0 bridgehead atoms. The number of pyridine rings is 1. The molecule has 0 saturated carbocycles. The molecule has 0 aliphatic rings. The van der Waals surface area contributed by atoms with Gasteiger partial charge in [0.25, 0.3) is 5.91 Å². The number of hydrogen-bond acceptors (Lipinski definition) is 3. The molecule has 27 heavy (non-hydrogen) atoms. The summed E-state index contributed by atoms with van der Waals surface area (Å²) in [6.45, 7) is 2.21. The molecule has 0 saturated heterocycles. The van der Waals surface area contributed by atoms with Gasteiger partial charge in [-0.15, -0.1) is 0 Å². The predicted octanol–water partition coefficient (Wildman–Crippen LogP) is 5.41. The lowest BCUT2D eigenvalue weighted by atomic mass is 10.1. The van der Waals surface area contributed by atoms with Crippen molar-refractivity contribution in [1.82, 2.24) is 4.98 Å². The third-order valence-electron chi connectivity index (χ3n) is 4.32. The summed E-state index contributed by atoms with van der Waals surface area (Å²) in [6, 6.07) is 12.3. The molecule has 5 nitrogen and oxygen atoms in total. The fraction of sp³-hybridized carbons (Fsp3) is 0.409. The van der Waals surface area contributed by atoms with Gasteiger partial charge in [0.2, 0.25) is 5.91 Å². The molecule has 1 aromatic carbocycles. The Morgan fingerprint density at radius 3 is 2.41 bits per heavy atom. The summed E-state index contributed by atoms with van der Waals surface area (Å²) in [5.41, 5.74) is 1.12. The molecule has 2 aromatic rings. The molecule has 2 N–H and O–H groups in total. The zero-order chi connectivity index (χ0) is 19.3. The maximum Gasteiger partial charge on any atom is 0.256 e. The maximum atomic E-state index is 12.3. The van der Waals surface area contributed by atoms with Gasteiger partial charge in [0, 0.05) is 23.9 Å².